The summed E-state index contributed by atoms with van der Waals surface area (Å²) in [6.45, 7) is 28.3. The SMILES string of the molecule is CC.CC.CC.CC.CC.CC.CC1=Nc2ccccc2C1.CC1Cc2ccccc2N1. The van der Waals surface area contributed by atoms with Crippen LogP contribution in [0.15, 0.2) is 53.5 Å². The van der Waals surface area contributed by atoms with Crippen molar-refractivity contribution in [1.82, 2.24) is 0 Å². The zero-order valence-electron chi connectivity index (χ0n) is 24.1. The molecule has 0 fully saturated rings. The van der Waals surface area contributed by atoms with Crippen LogP contribution >= 0.6 is 0 Å². The molecule has 0 aliphatic carbocycles. The van der Waals surface area contributed by atoms with Gasteiger partial charge in [-0.15, -0.1) is 0 Å². The van der Waals surface area contributed by atoms with E-state index >= 15 is 0 Å². The Morgan fingerprint density at radius 3 is 1.56 bits per heavy atom. The van der Waals surface area contributed by atoms with Crippen LogP contribution in [0.5, 0.6) is 0 Å². The molecule has 2 heteroatoms. The monoisotopic (exact) mass is 444 g/mol. The molecule has 0 bridgehead atoms. The largest absolute Gasteiger partial charge is 0.382 e. The first-order valence-corrected chi connectivity index (χ1v) is 13.2. The topological polar surface area (TPSA) is 24.4 Å². The van der Waals surface area contributed by atoms with Gasteiger partial charge in [0.25, 0.3) is 0 Å². The number of aliphatic imine (C=N–C) groups is 1. The van der Waals surface area contributed by atoms with Crippen LogP contribution in [0.2, 0.25) is 0 Å². The molecule has 186 valence electrons. The first-order valence-electron chi connectivity index (χ1n) is 13.2. The quantitative estimate of drug-likeness (QED) is 0.429. The van der Waals surface area contributed by atoms with E-state index in [0.717, 1.165) is 12.1 Å². The summed E-state index contributed by atoms with van der Waals surface area (Å²) in [6, 6.07) is 17.4. The van der Waals surface area contributed by atoms with E-state index < -0.39 is 0 Å². The normalized spacial score (nSPS) is 12.6. The molecule has 0 saturated carbocycles. The van der Waals surface area contributed by atoms with Gasteiger partial charge in [0.15, 0.2) is 0 Å². The van der Waals surface area contributed by atoms with E-state index in [1.165, 1.54) is 28.9 Å². The average Bonchev–Trinajstić information content (AvgIpc) is 3.47. The fraction of sp³-hybridized carbons (Fsp3) is 0.567. The molecule has 2 nitrogen and oxygen atoms in total. The van der Waals surface area contributed by atoms with Crippen LogP contribution in [0.3, 0.4) is 0 Å². The summed E-state index contributed by atoms with van der Waals surface area (Å²) in [5, 5.41) is 3.40. The van der Waals surface area contributed by atoms with Crippen LogP contribution in [-0.4, -0.2) is 11.8 Å². The molecule has 0 saturated heterocycles. The highest BCUT2D eigenvalue weighted by Gasteiger charge is 2.14. The maximum atomic E-state index is 4.37. The maximum absolute atomic E-state index is 4.37. The number of benzene rings is 2. The fourth-order valence-electron chi connectivity index (χ4n) is 2.78. The van der Waals surface area contributed by atoms with Crippen LogP contribution in [0.25, 0.3) is 0 Å². The van der Waals surface area contributed by atoms with Crippen molar-refractivity contribution in [3.05, 3.63) is 59.7 Å². The number of hydrogen-bond donors (Lipinski definition) is 1. The molecule has 2 aliphatic rings. The third-order valence-electron chi connectivity index (χ3n) is 3.69. The maximum Gasteiger partial charge on any atom is 0.0664 e. The number of para-hydroxylation sites is 2. The van der Waals surface area contributed by atoms with Gasteiger partial charge in [-0.1, -0.05) is 119 Å². The molecule has 2 heterocycles. The smallest absolute Gasteiger partial charge is 0.0664 e. The van der Waals surface area contributed by atoms with Crippen molar-refractivity contribution < 1.29 is 0 Å². The number of hydrogen-bond acceptors (Lipinski definition) is 2. The number of fused-ring (bicyclic) bond motifs is 2. The summed E-state index contributed by atoms with van der Waals surface area (Å²) in [4.78, 5) is 4.37. The minimum absolute atomic E-state index is 0.623. The number of nitrogens with zero attached hydrogens (tertiary/aromatic N) is 1. The van der Waals surface area contributed by atoms with Gasteiger partial charge in [-0.05, 0) is 43.5 Å². The summed E-state index contributed by atoms with van der Waals surface area (Å²) in [5.41, 5.74) is 6.51. The Hall–Kier alpha value is -2.09. The summed E-state index contributed by atoms with van der Waals surface area (Å²) < 4.78 is 0. The molecule has 1 N–H and O–H groups in total. The Balaban J connectivity index is -0.000000168. The Kier molecular flexibility index (Phi) is 33.6. The van der Waals surface area contributed by atoms with Gasteiger partial charge in [0.2, 0.25) is 0 Å². The third-order valence-corrected chi connectivity index (χ3v) is 3.69. The Morgan fingerprint density at radius 1 is 0.656 bits per heavy atom. The second-order valence-electron chi connectivity index (χ2n) is 5.56. The lowest BCUT2D eigenvalue weighted by Gasteiger charge is -2.00. The highest BCUT2D eigenvalue weighted by Crippen LogP contribution is 2.25. The average molecular weight is 445 g/mol. The highest BCUT2D eigenvalue weighted by molar-refractivity contribution is 5.91. The van der Waals surface area contributed by atoms with E-state index in [1.54, 1.807) is 0 Å². The van der Waals surface area contributed by atoms with Crippen LogP contribution < -0.4 is 5.32 Å². The van der Waals surface area contributed by atoms with E-state index in [2.05, 4.69) is 66.6 Å². The molecule has 1 atom stereocenters. The van der Waals surface area contributed by atoms with Crippen LogP contribution in [-0.2, 0) is 12.8 Å². The summed E-state index contributed by atoms with van der Waals surface area (Å²) >= 11 is 0. The van der Waals surface area contributed by atoms with E-state index in [4.69, 9.17) is 0 Å². The Morgan fingerprint density at radius 2 is 1.09 bits per heavy atom. The molecular weight excluding hydrogens is 388 g/mol. The molecule has 0 aromatic heterocycles. The predicted octanol–water partition coefficient (Wildman–Crippen LogP) is 10.5. The second kappa shape index (κ2) is 28.9. The summed E-state index contributed by atoms with van der Waals surface area (Å²) in [6.07, 6.45) is 2.21. The zero-order chi connectivity index (χ0) is 25.9. The van der Waals surface area contributed by atoms with Crippen molar-refractivity contribution in [3.63, 3.8) is 0 Å². The molecule has 2 aromatic carbocycles. The highest BCUT2D eigenvalue weighted by atomic mass is 14.9. The molecule has 32 heavy (non-hydrogen) atoms. The molecule has 0 radical (unpaired) electrons. The van der Waals surface area contributed by atoms with Crippen LogP contribution in [0, 0.1) is 0 Å². The lowest BCUT2D eigenvalue weighted by atomic mass is 10.1. The molecule has 1 unspecified atom stereocenters. The van der Waals surface area contributed by atoms with E-state index in [0.29, 0.717) is 6.04 Å². The zero-order valence-corrected chi connectivity index (χ0v) is 24.1. The molecule has 4 rings (SSSR count). The fourth-order valence-corrected chi connectivity index (χ4v) is 2.78. The van der Waals surface area contributed by atoms with Crippen molar-refractivity contribution in [2.75, 3.05) is 5.32 Å². The van der Waals surface area contributed by atoms with Gasteiger partial charge >= 0.3 is 0 Å². The van der Waals surface area contributed by atoms with Crippen molar-refractivity contribution in [3.8, 4) is 0 Å². The van der Waals surface area contributed by atoms with Gasteiger partial charge in [0.05, 0.1) is 5.69 Å². The molecular formula is C30H56N2. The Bertz CT molecular complexity index is 612. The molecule has 2 aromatic rings. The van der Waals surface area contributed by atoms with Gasteiger partial charge in [0, 0.05) is 23.9 Å². The van der Waals surface area contributed by atoms with Crippen molar-refractivity contribution >= 4 is 17.1 Å². The first-order chi connectivity index (χ1) is 15.7. The molecule has 2 aliphatic heterocycles. The van der Waals surface area contributed by atoms with Crippen LogP contribution in [0.1, 0.15) is 108 Å². The van der Waals surface area contributed by atoms with Gasteiger partial charge in [0.1, 0.15) is 0 Å². The lowest BCUT2D eigenvalue weighted by Crippen LogP contribution is -2.08. The van der Waals surface area contributed by atoms with Gasteiger partial charge in [-0.25, -0.2) is 0 Å². The number of nitrogens with one attached hydrogen (secondary N) is 1. The standard InChI is InChI=1S/C9H11N.C9H9N.6C2H6/c2*1-7-6-8-4-2-3-5-9(8)10-7;6*1-2/h2-5,7,10H,6H2,1H3;2-5H,6H2,1H3;6*1-2H3. The minimum atomic E-state index is 0.623. The number of rotatable bonds is 0. The summed E-state index contributed by atoms with van der Waals surface area (Å²) in [5.74, 6) is 0. The molecule has 0 spiro atoms. The predicted molar refractivity (Wildman–Crippen MR) is 154 cm³/mol. The van der Waals surface area contributed by atoms with E-state index in [-0.39, 0.29) is 0 Å². The third kappa shape index (κ3) is 15.7. The molecule has 0 amide bonds. The van der Waals surface area contributed by atoms with Crippen LogP contribution in [0.4, 0.5) is 11.4 Å². The van der Waals surface area contributed by atoms with Crippen molar-refractivity contribution in [2.45, 2.75) is 116 Å². The summed E-state index contributed by atoms with van der Waals surface area (Å²) in [7, 11) is 0. The second-order valence-corrected chi connectivity index (χ2v) is 5.56. The van der Waals surface area contributed by atoms with E-state index in [9.17, 15) is 0 Å². The Labute approximate surface area is 203 Å². The first kappa shape index (κ1) is 37.2. The van der Waals surface area contributed by atoms with Gasteiger partial charge in [-0.2, -0.15) is 0 Å². The van der Waals surface area contributed by atoms with Gasteiger partial charge < -0.3 is 5.32 Å². The van der Waals surface area contributed by atoms with E-state index in [1.807, 2.05) is 89.2 Å². The number of anilines is 1. The van der Waals surface area contributed by atoms with Gasteiger partial charge in [-0.3, -0.25) is 4.99 Å². The van der Waals surface area contributed by atoms with Crippen molar-refractivity contribution in [2.24, 2.45) is 4.99 Å². The lowest BCUT2D eigenvalue weighted by molar-refractivity contribution is 0.839. The minimum Gasteiger partial charge on any atom is -0.382 e. The van der Waals surface area contributed by atoms with Crippen molar-refractivity contribution in [1.29, 1.82) is 0 Å².